The van der Waals surface area contributed by atoms with Crippen LogP contribution in [0.3, 0.4) is 0 Å². The molecule has 0 saturated carbocycles. The second kappa shape index (κ2) is 6.51. The smallest absolute Gasteiger partial charge is 0.267 e. The number of rotatable bonds is 4. The quantitative estimate of drug-likeness (QED) is 0.497. The molecule has 0 radical (unpaired) electrons. The molecule has 0 fully saturated rings. The number of ether oxygens (including phenoxy) is 1. The number of methoxy groups -OCH3 is 1. The molecule has 1 aromatic carbocycles. The molecule has 0 atom stereocenters. The van der Waals surface area contributed by atoms with E-state index in [0.29, 0.717) is 25.8 Å². The minimum Gasteiger partial charge on any atom is -0.497 e. The van der Waals surface area contributed by atoms with Crippen molar-refractivity contribution in [2.75, 3.05) is 12.4 Å². The van der Waals surface area contributed by atoms with Crippen molar-refractivity contribution in [3.63, 3.8) is 0 Å². The normalized spacial score (nSPS) is 11.0. The van der Waals surface area contributed by atoms with Crippen LogP contribution in [0.2, 0.25) is 4.34 Å². The van der Waals surface area contributed by atoms with Crippen LogP contribution in [0.15, 0.2) is 46.2 Å². The van der Waals surface area contributed by atoms with E-state index >= 15 is 0 Å². The molecule has 8 heteroatoms. The van der Waals surface area contributed by atoms with Gasteiger partial charge in [-0.25, -0.2) is 4.98 Å². The Balaban J connectivity index is 1.57. The highest BCUT2D eigenvalue weighted by Gasteiger charge is 2.14. The molecule has 4 aromatic rings. The molecule has 0 bridgehead atoms. The van der Waals surface area contributed by atoms with Gasteiger partial charge in [-0.15, -0.1) is 22.7 Å². The van der Waals surface area contributed by atoms with Gasteiger partial charge in [-0.05, 0) is 30.3 Å². The van der Waals surface area contributed by atoms with E-state index in [9.17, 15) is 4.79 Å². The minimum absolute atomic E-state index is 0.229. The number of aromatic nitrogens is 1. The van der Waals surface area contributed by atoms with Gasteiger partial charge in [-0.3, -0.25) is 10.1 Å². The average molecular weight is 391 g/mol. The molecule has 3 heterocycles. The number of nitrogens with zero attached hydrogens (tertiary/aromatic N) is 1. The zero-order valence-electron chi connectivity index (χ0n) is 12.9. The van der Waals surface area contributed by atoms with Crippen LogP contribution in [0, 0.1) is 0 Å². The third-order valence-electron chi connectivity index (χ3n) is 3.50. The number of benzene rings is 1. The number of carbonyl (C=O) groups is 1. The lowest BCUT2D eigenvalue weighted by Gasteiger charge is -1.97. The molecule has 126 valence electrons. The van der Waals surface area contributed by atoms with Gasteiger partial charge in [0.15, 0.2) is 10.9 Å². The molecule has 5 nitrogen and oxygen atoms in total. The Morgan fingerprint density at radius 1 is 1.28 bits per heavy atom. The first-order valence-corrected chi connectivity index (χ1v) is 9.30. The Hall–Kier alpha value is -2.35. The summed E-state index contributed by atoms with van der Waals surface area (Å²) in [4.78, 5) is 17.1. The number of thiophene rings is 1. The van der Waals surface area contributed by atoms with Crippen molar-refractivity contribution in [1.29, 1.82) is 0 Å². The van der Waals surface area contributed by atoms with Gasteiger partial charge in [-0.2, -0.15) is 0 Å². The van der Waals surface area contributed by atoms with Gasteiger partial charge >= 0.3 is 0 Å². The maximum absolute atomic E-state index is 12.2. The summed E-state index contributed by atoms with van der Waals surface area (Å²) in [6.45, 7) is 0. The number of anilines is 1. The van der Waals surface area contributed by atoms with E-state index in [1.54, 1.807) is 19.2 Å². The van der Waals surface area contributed by atoms with E-state index in [4.69, 9.17) is 20.8 Å². The van der Waals surface area contributed by atoms with Crippen LogP contribution in [-0.2, 0) is 0 Å². The average Bonchev–Trinajstić information content (AvgIpc) is 3.32. The predicted octanol–water partition coefficient (Wildman–Crippen LogP) is 5.53. The molecule has 25 heavy (non-hydrogen) atoms. The number of nitrogens with one attached hydrogen (secondary N) is 1. The SMILES string of the molecule is COc1ccc2cc(-c3csc(NC(=O)c4ccc(Cl)s4)n3)oc2c1. The fourth-order valence-electron chi connectivity index (χ4n) is 2.30. The molecular weight excluding hydrogens is 380 g/mol. The molecule has 0 saturated heterocycles. The Morgan fingerprint density at radius 2 is 2.16 bits per heavy atom. The van der Waals surface area contributed by atoms with Gasteiger partial charge in [0, 0.05) is 16.8 Å². The predicted molar refractivity (Wildman–Crippen MR) is 101 cm³/mol. The Bertz CT molecular complexity index is 1070. The van der Waals surface area contributed by atoms with Crippen molar-refractivity contribution >= 4 is 56.3 Å². The van der Waals surface area contributed by atoms with Crippen LogP contribution in [-0.4, -0.2) is 18.0 Å². The number of thiazole rings is 1. The monoisotopic (exact) mass is 390 g/mol. The summed E-state index contributed by atoms with van der Waals surface area (Å²) in [5.41, 5.74) is 1.39. The minimum atomic E-state index is -0.229. The zero-order valence-corrected chi connectivity index (χ0v) is 15.3. The number of fused-ring (bicyclic) bond motifs is 1. The first-order chi connectivity index (χ1) is 12.1. The van der Waals surface area contributed by atoms with E-state index in [1.807, 2.05) is 29.6 Å². The van der Waals surface area contributed by atoms with Gasteiger partial charge in [0.1, 0.15) is 17.0 Å². The maximum Gasteiger partial charge on any atom is 0.267 e. The maximum atomic E-state index is 12.2. The van der Waals surface area contributed by atoms with Crippen molar-refractivity contribution in [2.45, 2.75) is 0 Å². The summed E-state index contributed by atoms with van der Waals surface area (Å²) in [5.74, 6) is 1.14. The molecule has 3 aromatic heterocycles. The van der Waals surface area contributed by atoms with E-state index < -0.39 is 0 Å². The fourth-order valence-corrected chi connectivity index (χ4v) is 3.94. The highest BCUT2D eigenvalue weighted by Crippen LogP contribution is 2.32. The van der Waals surface area contributed by atoms with Crippen molar-refractivity contribution in [1.82, 2.24) is 4.98 Å². The number of halogens is 1. The Morgan fingerprint density at radius 3 is 2.92 bits per heavy atom. The number of amides is 1. The van der Waals surface area contributed by atoms with Crippen LogP contribution >= 0.6 is 34.3 Å². The van der Waals surface area contributed by atoms with Crippen molar-refractivity contribution in [3.05, 3.63) is 51.0 Å². The van der Waals surface area contributed by atoms with Gasteiger partial charge in [0.25, 0.3) is 5.91 Å². The van der Waals surface area contributed by atoms with Crippen LogP contribution in [0.25, 0.3) is 22.4 Å². The van der Waals surface area contributed by atoms with Crippen LogP contribution in [0.1, 0.15) is 9.67 Å². The summed E-state index contributed by atoms with van der Waals surface area (Å²) < 4.78 is 11.6. The molecule has 0 spiro atoms. The third-order valence-corrected chi connectivity index (χ3v) is 5.49. The van der Waals surface area contributed by atoms with E-state index in [-0.39, 0.29) is 5.91 Å². The lowest BCUT2D eigenvalue weighted by Crippen LogP contribution is -2.09. The summed E-state index contributed by atoms with van der Waals surface area (Å²) in [5, 5.41) is 6.07. The highest BCUT2D eigenvalue weighted by molar-refractivity contribution is 7.18. The van der Waals surface area contributed by atoms with Crippen molar-refractivity contribution < 1.29 is 13.9 Å². The molecule has 1 N–H and O–H groups in total. The molecule has 0 aliphatic rings. The van der Waals surface area contributed by atoms with Gasteiger partial charge < -0.3 is 9.15 Å². The van der Waals surface area contributed by atoms with Crippen molar-refractivity contribution in [2.24, 2.45) is 0 Å². The van der Waals surface area contributed by atoms with E-state index in [1.165, 1.54) is 22.7 Å². The summed E-state index contributed by atoms with van der Waals surface area (Å²) in [7, 11) is 1.61. The van der Waals surface area contributed by atoms with E-state index in [0.717, 1.165) is 16.7 Å². The van der Waals surface area contributed by atoms with Crippen LogP contribution in [0.5, 0.6) is 5.75 Å². The molecule has 4 rings (SSSR count). The summed E-state index contributed by atoms with van der Waals surface area (Å²) >= 11 is 8.42. The number of furan rings is 1. The fraction of sp³-hybridized carbons (Fsp3) is 0.0588. The summed E-state index contributed by atoms with van der Waals surface area (Å²) in [6.07, 6.45) is 0. The highest BCUT2D eigenvalue weighted by atomic mass is 35.5. The number of hydrogen-bond acceptors (Lipinski definition) is 6. The van der Waals surface area contributed by atoms with Crippen molar-refractivity contribution in [3.8, 4) is 17.2 Å². The zero-order chi connectivity index (χ0) is 17.4. The number of hydrogen-bond donors (Lipinski definition) is 1. The molecule has 1 amide bonds. The number of carbonyl (C=O) groups excluding carboxylic acids is 1. The lowest BCUT2D eigenvalue weighted by molar-refractivity contribution is 0.103. The Labute approximate surface area is 155 Å². The lowest BCUT2D eigenvalue weighted by atomic mass is 10.2. The first kappa shape index (κ1) is 16.1. The second-order valence-electron chi connectivity index (χ2n) is 5.11. The Kier molecular flexibility index (Phi) is 4.20. The van der Waals surface area contributed by atoms with Crippen LogP contribution in [0.4, 0.5) is 5.13 Å². The van der Waals surface area contributed by atoms with Gasteiger partial charge in [0.2, 0.25) is 0 Å². The second-order valence-corrected chi connectivity index (χ2v) is 7.68. The first-order valence-electron chi connectivity index (χ1n) is 7.22. The molecular formula is C17H11ClN2O3S2. The third kappa shape index (κ3) is 3.26. The molecule has 0 aliphatic heterocycles. The van der Waals surface area contributed by atoms with Gasteiger partial charge in [0.05, 0.1) is 16.3 Å². The van der Waals surface area contributed by atoms with Gasteiger partial charge in [-0.1, -0.05) is 11.6 Å². The topological polar surface area (TPSA) is 64.4 Å². The largest absolute Gasteiger partial charge is 0.497 e. The molecule has 0 unspecified atom stereocenters. The van der Waals surface area contributed by atoms with E-state index in [2.05, 4.69) is 10.3 Å². The standard InChI is InChI=1S/C17H11ClN2O3S2/c1-22-10-3-2-9-6-13(23-12(9)7-10)11-8-24-17(19-11)20-16(21)14-4-5-15(18)25-14/h2-8H,1H3,(H,19,20,21). The molecule has 0 aliphatic carbocycles. The summed E-state index contributed by atoms with van der Waals surface area (Å²) in [6, 6.07) is 10.9. The van der Waals surface area contributed by atoms with Crippen LogP contribution < -0.4 is 10.1 Å².